The summed E-state index contributed by atoms with van der Waals surface area (Å²) >= 11 is 24.4. The molecule has 21 heavy (non-hydrogen) atoms. The summed E-state index contributed by atoms with van der Waals surface area (Å²) in [4.78, 5) is 24.2. The monoisotopic (exact) mass is 382 g/mol. The zero-order valence-corrected chi connectivity index (χ0v) is 14.0. The van der Waals surface area contributed by atoms with Gasteiger partial charge in [0.1, 0.15) is 0 Å². The average Bonchev–Trinajstić information content (AvgIpc) is 2.87. The third kappa shape index (κ3) is 3.90. The van der Waals surface area contributed by atoms with Gasteiger partial charge in [0.15, 0.2) is 6.61 Å². The van der Waals surface area contributed by atoms with Crippen LogP contribution in [0.25, 0.3) is 0 Å². The second-order valence-electron chi connectivity index (χ2n) is 3.82. The number of rotatable bonds is 4. The maximum atomic E-state index is 12.0. The Morgan fingerprint density at radius 3 is 2.29 bits per heavy atom. The first-order valence-corrected chi connectivity index (χ1v) is 7.82. The van der Waals surface area contributed by atoms with Gasteiger partial charge >= 0.3 is 5.97 Å². The van der Waals surface area contributed by atoms with E-state index in [1.54, 1.807) is 12.1 Å². The normalized spacial score (nSPS) is 10.5. The molecule has 0 radical (unpaired) electrons. The third-order valence-corrected chi connectivity index (χ3v) is 4.82. The largest absolute Gasteiger partial charge is 0.454 e. The minimum atomic E-state index is -0.816. The van der Waals surface area contributed by atoms with Crippen molar-refractivity contribution in [2.24, 2.45) is 0 Å². The molecule has 1 aromatic carbocycles. The summed E-state index contributed by atoms with van der Waals surface area (Å²) in [6.07, 6.45) is 0. The number of ketones is 1. The summed E-state index contributed by atoms with van der Waals surface area (Å²) in [6, 6.07) is 6.03. The minimum Gasteiger partial charge on any atom is -0.454 e. The van der Waals surface area contributed by atoms with Gasteiger partial charge in [-0.3, -0.25) is 4.79 Å². The number of halogens is 4. The van der Waals surface area contributed by atoms with E-state index < -0.39 is 12.6 Å². The molecule has 0 saturated heterocycles. The van der Waals surface area contributed by atoms with Crippen LogP contribution in [-0.4, -0.2) is 18.4 Å². The molecule has 0 unspecified atom stereocenters. The quantitative estimate of drug-likeness (QED) is 0.403. The van der Waals surface area contributed by atoms with Crippen LogP contribution < -0.4 is 0 Å². The zero-order chi connectivity index (χ0) is 15.6. The lowest BCUT2D eigenvalue weighted by atomic mass is 10.2. The van der Waals surface area contributed by atoms with Crippen molar-refractivity contribution in [3.05, 3.63) is 54.1 Å². The highest BCUT2D eigenvalue weighted by Gasteiger charge is 2.20. The molecule has 1 aromatic heterocycles. The SMILES string of the molecule is O=C(COC(=O)c1c(Cl)ccc(Cl)c1Cl)c1ccc(Cl)s1. The van der Waals surface area contributed by atoms with Gasteiger partial charge in [0, 0.05) is 0 Å². The van der Waals surface area contributed by atoms with Crippen molar-refractivity contribution in [1.29, 1.82) is 0 Å². The van der Waals surface area contributed by atoms with Crippen LogP contribution in [0.3, 0.4) is 0 Å². The standard InChI is InChI=1S/C13H6Cl4O3S/c14-6-1-2-7(15)12(17)11(6)13(19)20-5-8(18)9-3-4-10(16)21-9/h1-4H,5H2. The van der Waals surface area contributed by atoms with Crippen molar-refractivity contribution in [2.75, 3.05) is 6.61 Å². The molecule has 0 N–H and O–H groups in total. The van der Waals surface area contributed by atoms with Gasteiger partial charge < -0.3 is 4.74 Å². The van der Waals surface area contributed by atoms with Crippen LogP contribution in [0.1, 0.15) is 20.0 Å². The maximum absolute atomic E-state index is 12.0. The van der Waals surface area contributed by atoms with Gasteiger partial charge in [0.25, 0.3) is 0 Å². The molecule has 0 bridgehead atoms. The molecule has 0 amide bonds. The Hall–Kier alpha value is -0.780. The van der Waals surface area contributed by atoms with Gasteiger partial charge in [-0.25, -0.2) is 4.79 Å². The predicted molar refractivity (Wildman–Crippen MR) is 85.4 cm³/mol. The second-order valence-corrected chi connectivity index (χ2v) is 6.73. The highest BCUT2D eigenvalue weighted by molar-refractivity contribution is 7.18. The molecule has 0 fully saturated rings. The van der Waals surface area contributed by atoms with Crippen molar-refractivity contribution in [3.63, 3.8) is 0 Å². The average molecular weight is 384 g/mol. The predicted octanol–water partition coefficient (Wildman–Crippen LogP) is 5.40. The number of hydrogen-bond donors (Lipinski definition) is 0. The lowest BCUT2D eigenvalue weighted by Crippen LogP contribution is -2.14. The Balaban J connectivity index is 2.09. The molecule has 0 aliphatic carbocycles. The molecule has 0 atom stereocenters. The van der Waals surface area contributed by atoms with Crippen molar-refractivity contribution in [2.45, 2.75) is 0 Å². The van der Waals surface area contributed by atoms with Crippen molar-refractivity contribution in [3.8, 4) is 0 Å². The molecule has 0 aliphatic heterocycles. The van der Waals surface area contributed by atoms with E-state index >= 15 is 0 Å². The summed E-state index contributed by atoms with van der Waals surface area (Å²) in [5.74, 6) is -1.18. The molecule has 0 spiro atoms. The Morgan fingerprint density at radius 1 is 1.00 bits per heavy atom. The van der Waals surface area contributed by atoms with Crippen molar-refractivity contribution < 1.29 is 14.3 Å². The Labute approximate surface area is 144 Å². The lowest BCUT2D eigenvalue weighted by Gasteiger charge is -2.08. The first-order chi connectivity index (χ1) is 9.90. The molecule has 110 valence electrons. The van der Waals surface area contributed by atoms with Gasteiger partial charge in [0.2, 0.25) is 5.78 Å². The molecule has 8 heteroatoms. The van der Waals surface area contributed by atoms with E-state index in [-0.39, 0.29) is 26.4 Å². The smallest absolute Gasteiger partial charge is 0.341 e. The number of carbonyl (C=O) groups excluding carboxylic acids is 2. The first-order valence-electron chi connectivity index (χ1n) is 5.49. The molecular formula is C13H6Cl4O3S. The van der Waals surface area contributed by atoms with Gasteiger partial charge in [-0.1, -0.05) is 46.4 Å². The molecule has 0 saturated carbocycles. The van der Waals surface area contributed by atoms with Gasteiger partial charge in [-0.2, -0.15) is 0 Å². The van der Waals surface area contributed by atoms with E-state index in [1.807, 2.05) is 0 Å². The summed E-state index contributed by atoms with van der Waals surface area (Å²) in [7, 11) is 0. The summed E-state index contributed by atoms with van der Waals surface area (Å²) in [6.45, 7) is -0.436. The third-order valence-electron chi connectivity index (χ3n) is 2.43. The van der Waals surface area contributed by atoms with E-state index in [1.165, 1.54) is 12.1 Å². The van der Waals surface area contributed by atoms with E-state index in [0.717, 1.165) is 11.3 Å². The lowest BCUT2D eigenvalue weighted by molar-refractivity contribution is 0.0476. The number of benzene rings is 1. The number of ether oxygens (including phenoxy) is 1. The Kier molecular flexibility index (Phi) is 5.52. The van der Waals surface area contributed by atoms with Crippen molar-refractivity contribution in [1.82, 2.24) is 0 Å². The summed E-state index contributed by atoms with van der Waals surface area (Å²) < 4.78 is 5.40. The van der Waals surface area contributed by atoms with E-state index in [0.29, 0.717) is 9.21 Å². The van der Waals surface area contributed by atoms with Gasteiger partial charge in [-0.15, -0.1) is 11.3 Å². The van der Waals surface area contributed by atoms with Crippen LogP contribution in [0.4, 0.5) is 0 Å². The number of esters is 1. The van der Waals surface area contributed by atoms with Crippen LogP contribution in [0, 0.1) is 0 Å². The molecule has 1 heterocycles. The van der Waals surface area contributed by atoms with Crippen molar-refractivity contribution >= 4 is 69.5 Å². The Morgan fingerprint density at radius 2 is 1.67 bits per heavy atom. The number of hydrogen-bond acceptors (Lipinski definition) is 4. The highest BCUT2D eigenvalue weighted by Crippen LogP contribution is 2.32. The van der Waals surface area contributed by atoms with Crippen LogP contribution in [0.5, 0.6) is 0 Å². The topological polar surface area (TPSA) is 43.4 Å². The van der Waals surface area contributed by atoms with E-state index in [9.17, 15) is 9.59 Å². The molecule has 2 aromatic rings. The van der Waals surface area contributed by atoms with Crippen LogP contribution >= 0.6 is 57.7 Å². The summed E-state index contributed by atoms with van der Waals surface area (Å²) in [5.41, 5.74) is -0.0668. The number of Topliss-reactive ketones (excluding diaryl/α,β-unsaturated/α-hetero) is 1. The summed E-state index contributed by atoms with van der Waals surface area (Å²) in [5, 5.41) is 0.256. The van der Waals surface area contributed by atoms with E-state index in [4.69, 9.17) is 51.1 Å². The molecule has 3 nitrogen and oxygen atoms in total. The molecular weight excluding hydrogens is 378 g/mol. The second kappa shape index (κ2) is 6.99. The van der Waals surface area contributed by atoms with Crippen LogP contribution in [0.2, 0.25) is 19.4 Å². The molecule has 2 rings (SSSR count). The van der Waals surface area contributed by atoms with Crippen LogP contribution in [0.15, 0.2) is 24.3 Å². The first kappa shape index (κ1) is 16.6. The number of carbonyl (C=O) groups is 2. The fraction of sp³-hybridized carbons (Fsp3) is 0.0769. The minimum absolute atomic E-state index is 0.0132. The number of thiophene rings is 1. The fourth-order valence-corrected chi connectivity index (χ4v) is 3.10. The van der Waals surface area contributed by atoms with Crippen LogP contribution in [-0.2, 0) is 4.74 Å². The fourth-order valence-electron chi connectivity index (χ4n) is 1.45. The molecule has 0 aliphatic rings. The zero-order valence-electron chi connectivity index (χ0n) is 10.2. The van der Waals surface area contributed by atoms with Gasteiger partial charge in [-0.05, 0) is 24.3 Å². The highest BCUT2D eigenvalue weighted by atomic mass is 35.5. The van der Waals surface area contributed by atoms with E-state index in [2.05, 4.69) is 0 Å². The van der Waals surface area contributed by atoms with Gasteiger partial charge in [0.05, 0.1) is 29.8 Å². The maximum Gasteiger partial charge on any atom is 0.341 e. The Bertz CT molecular complexity index is 711.